The van der Waals surface area contributed by atoms with Gasteiger partial charge in [-0.05, 0) is 43.9 Å². The molecule has 3 rings (SSSR count). The lowest BCUT2D eigenvalue weighted by Crippen LogP contribution is -2.49. The first-order valence-corrected chi connectivity index (χ1v) is 6.86. The van der Waals surface area contributed by atoms with Crippen LogP contribution in [0, 0.1) is 24.7 Å². The van der Waals surface area contributed by atoms with Gasteiger partial charge in [-0.25, -0.2) is 4.98 Å². The zero-order valence-corrected chi connectivity index (χ0v) is 11.8. The summed E-state index contributed by atoms with van der Waals surface area (Å²) in [5.74, 6) is 0.817. The molecular formula is C14H22N4. The Morgan fingerprint density at radius 3 is 2.28 bits per heavy atom. The highest BCUT2D eigenvalue weighted by molar-refractivity contribution is 5.34. The molecule has 1 saturated heterocycles. The summed E-state index contributed by atoms with van der Waals surface area (Å²) in [6, 6.07) is 0. The molecule has 0 bridgehead atoms. The van der Waals surface area contributed by atoms with Crippen LogP contribution in [-0.4, -0.2) is 28.3 Å². The highest BCUT2D eigenvalue weighted by atomic mass is 15.3. The fourth-order valence-electron chi connectivity index (χ4n) is 3.36. The van der Waals surface area contributed by atoms with E-state index in [0.717, 1.165) is 30.4 Å². The van der Waals surface area contributed by atoms with E-state index in [1.165, 1.54) is 19.3 Å². The monoisotopic (exact) mass is 246 g/mol. The third kappa shape index (κ3) is 1.54. The Balaban J connectivity index is 1.82. The molecule has 1 aliphatic carbocycles. The first-order chi connectivity index (χ1) is 8.44. The summed E-state index contributed by atoms with van der Waals surface area (Å²) in [5.41, 5.74) is 2.90. The summed E-state index contributed by atoms with van der Waals surface area (Å²) < 4.78 is 0. The van der Waals surface area contributed by atoms with Gasteiger partial charge in [-0.1, -0.05) is 13.8 Å². The fourth-order valence-corrected chi connectivity index (χ4v) is 3.36. The first kappa shape index (κ1) is 11.9. The number of aromatic nitrogens is 3. The standard InChI is InChI=1S/C14H22N4/c1-10-11(2)16-17-12(15-10)18-8-7-14(9-18)6-5-13(14,3)4/h5-9H2,1-4H3. The smallest absolute Gasteiger partial charge is 0.245 e. The minimum atomic E-state index is 0.481. The summed E-state index contributed by atoms with van der Waals surface area (Å²) in [7, 11) is 0. The third-order valence-corrected chi connectivity index (χ3v) is 5.38. The number of aryl methyl sites for hydroxylation is 2. The summed E-state index contributed by atoms with van der Waals surface area (Å²) in [6.07, 6.45) is 3.98. The van der Waals surface area contributed by atoms with E-state index in [1.807, 2.05) is 13.8 Å². The Morgan fingerprint density at radius 2 is 1.78 bits per heavy atom. The first-order valence-electron chi connectivity index (χ1n) is 6.86. The van der Waals surface area contributed by atoms with Crippen molar-refractivity contribution in [3.63, 3.8) is 0 Å². The van der Waals surface area contributed by atoms with Gasteiger partial charge in [0.2, 0.25) is 5.95 Å². The van der Waals surface area contributed by atoms with Crippen molar-refractivity contribution in [2.24, 2.45) is 10.8 Å². The molecule has 1 aromatic rings. The molecule has 1 spiro atoms. The van der Waals surface area contributed by atoms with Crippen molar-refractivity contribution in [1.82, 2.24) is 15.2 Å². The van der Waals surface area contributed by atoms with Crippen LogP contribution >= 0.6 is 0 Å². The zero-order valence-electron chi connectivity index (χ0n) is 11.8. The van der Waals surface area contributed by atoms with Crippen molar-refractivity contribution in [1.29, 1.82) is 0 Å². The predicted molar refractivity (Wildman–Crippen MR) is 71.6 cm³/mol. The van der Waals surface area contributed by atoms with E-state index < -0.39 is 0 Å². The highest BCUT2D eigenvalue weighted by Crippen LogP contribution is 2.61. The quantitative estimate of drug-likeness (QED) is 0.763. The van der Waals surface area contributed by atoms with Gasteiger partial charge in [0.05, 0.1) is 11.4 Å². The minimum Gasteiger partial charge on any atom is -0.339 e. The molecule has 0 radical (unpaired) electrons. The molecule has 1 atom stereocenters. The SMILES string of the molecule is Cc1nnc(N2CCC3(CCC3(C)C)C2)nc1C. The lowest BCUT2D eigenvalue weighted by molar-refractivity contribution is -0.0311. The second kappa shape index (κ2) is 3.65. The predicted octanol–water partition coefficient (Wildman–Crippen LogP) is 2.50. The van der Waals surface area contributed by atoms with E-state index in [0.29, 0.717) is 10.8 Å². The highest BCUT2D eigenvalue weighted by Gasteiger charge is 2.56. The Bertz CT molecular complexity index is 483. The van der Waals surface area contributed by atoms with Crippen molar-refractivity contribution >= 4 is 5.95 Å². The minimum absolute atomic E-state index is 0.481. The molecule has 2 fully saturated rings. The Hall–Kier alpha value is -1.19. The van der Waals surface area contributed by atoms with Crippen molar-refractivity contribution in [2.45, 2.75) is 47.0 Å². The Morgan fingerprint density at radius 1 is 1.00 bits per heavy atom. The van der Waals surface area contributed by atoms with E-state index in [9.17, 15) is 0 Å². The van der Waals surface area contributed by atoms with Gasteiger partial charge in [0, 0.05) is 13.1 Å². The molecule has 98 valence electrons. The summed E-state index contributed by atoms with van der Waals surface area (Å²) in [5, 5.41) is 8.45. The maximum atomic E-state index is 4.58. The fraction of sp³-hybridized carbons (Fsp3) is 0.786. The van der Waals surface area contributed by atoms with E-state index in [2.05, 4.69) is 33.9 Å². The van der Waals surface area contributed by atoms with Gasteiger partial charge in [-0.15, -0.1) is 5.10 Å². The van der Waals surface area contributed by atoms with E-state index >= 15 is 0 Å². The van der Waals surface area contributed by atoms with Gasteiger partial charge in [0.15, 0.2) is 0 Å². The van der Waals surface area contributed by atoms with Gasteiger partial charge in [0.25, 0.3) is 0 Å². The van der Waals surface area contributed by atoms with Crippen LogP contribution in [-0.2, 0) is 0 Å². The van der Waals surface area contributed by atoms with E-state index in [-0.39, 0.29) is 0 Å². The zero-order chi connectivity index (χ0) is 13.0. The van der Waals surface area contributed by atoms with Crippen LogP contribution in [0.25, 0.3) is 0 Å². The largest absolute Gasteiger partial charge is 0.339 e. The van der Waals surface area contributed by atoms with Crippen LogP contribution < -0.4 is 4.90 Å². The van der Waals surface area contributed by atoms with Gasteiger partial charge in [0.1, 0.15) is 0 Å². The molecule has 1 unspecified atom stereocenters. The van der Waals surface area contributed by atoms with Crippen molar-refractivity contribution in [3.05, 3.63) is 11.4 Å². The van der Waals surface area contributed by atoms with Crippen molar-refractivity contribution in [2.75, 3.05) is 18.0 Å². The number of anilines is 1. The van der Waals surface area contributed by atoms with Crippen LogP contribution in [0.4, 0.5) is 5.95 Å². The lowest BCUT2D eigenvalue weighted by Gasteiger charge is -2.54. The molecule has 1 aromatic heterocycles. The summed E-state index contributed by atoms with van der Waals surface area (Å²) >= 11 is 0. The van der Waals surface area contributed by atoms with Gasteiger partial charge < -0.3 is 4.90 Å². The van der Waals surface area contributed by atoms with Crippen LogP contribution in [0.5, 0.6) is 0 Å². The van der Waals surface area contributed by atoms with Crippen LogP contribution in [0.3, 0.4) is 0 Å². The maximum absolute atomic E-state index is 4.58. The summed E-state index contributed by atoms with van der Waals surface area (Å²) in [4.78, 5) is 6.90. The molecule has 0 N–H and O–H groups in total. The Labute approximate surface area is 109 Å². The molecule has 4 nitrogen and oxygen atoms in total. The van der Waals surface area contributed by atoms with Gasteiger partial charge >= 0.3 is 0 Å². The van der Waals surface area contributed by atoms with Crippen molar-refractivity contribution < 1.29 is 0 Å². The second-order valence-electron chi connectivity index (χ2n) is 6.62. The van der Waals surface area contributed by atoms with Gasteiger partial charge in [-0.2, -0.15) is 5.10 Å². The molecule has 4 heteroatoms. The van der Waals surface area contributed by atoms with Crippen LogP contribution in [0.1, 0.15) is 44.5 Å². The van der Waals surface area contributed by atoms with E-state index in [1.54, 1.807) is 0 Å². The lowest BCUT2D eigenvalue weighted by atomic mass is 9.51. The molecule has 1 aliphatic heterocycles. The van der Waals surface area contributed by atoms with Crippen LogP contribution in [0.15, 0.2) is 0 Å². The second-order valence-corrected chi connectivity index (χ2v) is 6.62. The average molecular weight is 246 g/mol. The number of hydrogen-bond acceptors (Lipinski definition) is 4. The number of nitrogens with zero attached hydrogens (tertiary/aromatic N) is 4. The van der Waals surface area contributed by atoms with Crippen LogP contribution in [0.2, 0.25) is 0 Å². The third-order valence-electron chi connectivity index (χ3n) is 5.38. The topological polar surface area (TPSA) is 41.9 Å². The molecule has 2 heterocycles. The number of hydrogen-bond donors (Lipinski definition) is 0. The molecule has 0 aromatic carbocycles. The molecule has 0 amide bonds. The maximum Gasteiger partial charge on any atom is 0.245 e. The summed E-state index contributed by atoms with van der Waals surface area (Å²) in [6.45, 7) is 10.9. The molecular weight excluding hydrogens is 224 g/mol. The van der Waals surface area contributed by atoms with Crippen molar-refractivity contribution in [3.8, 4) is 0 Å². The molecule has 18 heavy (non-hydrogen) atoms. The molecule has 2 aliphatic rings. The van der Waals surface area contributed by atoms with Gasteiger partial charge in [-0.3, -0.25) is 0 Å². The Kier molecular flexibility index (Phi) is 2.41. The molecule has 1 saturated carbocycles. The van der Waals surface area contributed by atoms with E-state index in [4.69, 9.17) is 0 Å². The average Bonchev–Trinajstić information content (AvgIpc) is 2.79. The normalized spacial score (nSPS) is 29.7. The number of rotatable bonds is 1.